The van der Waals surface area contributed by atoms with Crippen LogP contribution in [0.4, 0.5) is 0 Å². The molecule has 0 aliphatic rings. The fourth-order valence-electron chi connectivity index (χ4n) is 5.10. The molecule has 7 heteroatoms. The van der Waals surface area contributed by atoms with Crippen LogP contribution in [0.2, 0.25) is 0 Å². The van der Waals surface area contributed by atoms with Gasteiger partial charge in [-0.2, -0.15) is 12.8 Å². The van der Waals surface area contributed by atoms with Crippen molar-refractivity contribution in [2.24, 2.45) is 11.5 Å². The van der Waals surface area contributed by atoms with Gasteiger partial charge in [0.1, 0.15) is 0 Å². The zero-order valence-corrected chi connectivity index (χ0v) is 35.5. The Morgan fingerprint density at radius 2 is 0.489 bits per heavy atom. The minimum Gasteiger partial charge on any atom is -0.415 e. The Morgan fingerprint density at radius 1 is 0.378 bits per heavy atom. The van der Waals surface area contributed by atoms with Gasteiger partial charge < -0.3 is 75.0 Å². The second kappa shape index (κ2) is 57.2. The van der Waals surface area contributed by atoms with E-state index in [9.17, 15) is 0 Å². The van der Waals surface area contributed by atoms with Gasteiger partial charge in [0.15, 0.2) is 0 Å². The SMILES string of the molecule is NC(=S)[S-].NC(=S)[S-].[CH2-]CCCCCCCCCCCCCCCCC.[CH2-]CCCCCCCCCCCCCCCCC.[Mo+4]. The molecule has 0 aromatic heterocycles. The van der Waals surface area contributed by atoms with Crippen LogP contribution in [0.15, 0.2) is 0 Å². The van der Waals surface area contributed by atoms with Crippen molar-refractivity contribution in [2.75, 3.05) is 0 Å². The topological polar surface area (TPSA) is 52.0 Å². The van der Waals surface area contributed by atoms with Crippen LogP contribution in [0.25, 0.3) is 0 Å². The van der Waals surface area contributed by atoms with Crippen LogP contribution >= 0.6 is 24.4 Å². The van der Waals surface area contributed by atoms with E-state index in [0.717, 1.165) is 12.8 Å². The van der Waals surface area contributed by atoms with Crippen LogP contribution in [0.3, 0.4) is 0 Å². The molecule has 0 aliphatic carbocycles. The molecule has 0 spiro atoms. The first-order valence-corrected chi connectivity index (χ1v) is 20.4. The smallest absolute Gasteiger partial charge is 0.415 e. The number of nitrogens with two attached hydrogens (primary N) is 2. The summed E-state index contributed by atoms with van der Waals surface area (Å²) in [4.78, 5) is 0. The van der Waals surface area contributed by atoms with E-state index >= 15 is 0 Å². The third-order valence-electron chi connectivity index (χ3n) is 7.71. The molecule has 0 unspecified atom stereocenters. The molecule has 0 aliphatic heterocycles. The number of thiocarbonyl (C=S) groups is 2. The van der Waals surface area contributed by atoms with Crippen molar-refractivity contribution in [3.05, 3.63) is 13.8 Å². The van der Waals surface area contributed by atoms with E-state index in [2.05, 4.69) is 88.9 Å². The van der Waals surface area contributed by atoms with E-state index in [1.165, 1.54) is 193 Å². The normalized spacial score (nSPS) is 9.87. The van der Waals surface area contributed by atoms with E-state index in [-0.39, 0.29) is 29.7 Å². The summed E-state index contributed by atoms with van der Waals surface area (Å²) < 4.78 is 0.167. The maximum Gasteiger partial charge on any atom is 4.00 e. The third-order valence-corrected chi connectivity index (χ3v) is 7.71. The number of hydrogen-bond acceptors (Lipinski definition) is 4. The van der Waals surface area contributed by atoms with Crippen molar-refractivity contribution in [3.63, 3.8) is 0 Å². The molecule has 0 atom stereocenters. The van der Waals surface area contributed by atoms with E-state index in [1.807, 2.05) is 0 Å². The standard InChI is InChI=1S/2C18H37.2CH3NS2.Mo/c2*1-3-5-7-9-11-13-15-17-18-16-14-12-10-8-6-4-2;2*2-1(3)4;/h2*1,3-18H2,2H3;2*(H3,2,3,4);/q2*-1;;;+4/p-2. The van der Waals surface area contributed by atoms with Gasteiger partial charge in [-0.05, 0) is 0 Å². The Bertz CT molecular complexity index is 426. The first-order chi connectivity index (χ1) is 21.3. The molecule has 0 amide bonds. The van der Waals surface area contributed by atoms with Gasteiger partial charge >= 0.3 is 21.1 Å². The van der Waals surface area contributed by atoms with Crippen molar-refractivity contribution in [2.45, 2.75) is 219 Å². The van der Waals surface area contributed by atoms with Gasteiger partial charge in [-0.3, -0.25) is 0 Å². The Labute approximate surface area is 321 Å². The molecule has 0 heterocycles. The molecule has 0 saturated heterocycles. The van der Waals surface area contributed by atoms with Crippen LogP contribution in [-0.2, 0) is 46.3 Å². The summed E-state index contributed by atoms with van der Waals surface area (Å²) in [6.45, 7) is 12.4. The molecular formula is C38H78MoN2S4. The van der Waals surface area contributed by atoms with Crippen molar-refractivity contribution >= 4 is 58.3 Å². The largest absolute Gasteiger partial charge is 4.00 e. The van der Waals surface area contributed by atoms with Crippen molar-refractivity contribution in [1.29, 1.82) is 0 Å². The summed E-state index contributed by atoms with van der Waals surface area (Å²) in [6.07, 6.45) is 45.6. The number of hydrogen-bond donors (Lipinski definition) is 2. The maximum atomic E-state index is 4.66. The predicted octanol–water partition coefficient (Wildman–Crippen LogP) is 13.7. The van der Waals surface area contributed by atoms with Gasteiger partial charge in [0.2, 0.25) is 0 Å². The molecule has 0 radical (unpaired) electrons. The van der Waals surface area contributed by atoms with Gasteiger partial charge in [0.25, 0.3) is 0 Å². The van der Waals surface area contributed by atoms with E-state index in [4.69, 9.17) is 0 Å². The zero-order chi connectivity index (χ0) is 33.8. The molecule has 0 aromatic carbocycles. The monoisotopic (exact) mass is 788 g/mol. The molecule has 0 aromatic rings. The first-order valence-electron chi connectivity index (χ1n) is 18.8. The Hall–Kier alpha value is 0.908. The molecule has 0 rings (SSSR count). The second-order valence-corrected chi connectivity index (χ2v) is 14.5. The second-order valence-electron chi connectivity index (χ2n) is 12.2. The van der Waals surface area contributed by atoms with Gasteiger partial charge in [0.05, 0.1) is 0 Å². The van der Waals surface area contributed by atoms with E-state index in [0.29, 0.717) is 0 Å². The van der Waals surface area contributed by atoms with Gasteiger partial charge in [-0.1, -0.05) is 215 Å². The Balaban J connectivity index is -0.000000187. The average molecular weight is 787 g/mol. The number of unbranched alkanes of at least 4 members (excludes halogenated alkanes) is 30. The molecule has 0 bridgehead atoms. The van der Waals surface area contributed by atoms with Crippen LogP contribution < -0.4 is 11.5 Å². The minimum absolute atomic E-state index is 0. The molecule has 0 saturated carbocycles. The van der Waals surface area contributed by atoms with Crippen LogP contribution in [0.5, 0.6) is 0 Å². The zero-order valence-electron chi connectivity index (χ0n) is 30.2. The fourth-order valence-corrected chi connectivity index (χ4v) is 5.10. The molecule has 0 fully saturated rings. The summed E-state index contributed by atoms with van der Waals surface area (Å²) in [5.74, 6) is 0. The quantitative estimate of drug-likeness (QED) is 0.0249. The third kappa shape index (κ3) is 86.5. The van der Waals surface area contributed by atoms with Crippen molar-refractivity contribution in [3.8, 4) is 0 Å². The summed E-state index contributed by atoms with van der Waals surface area (Å²) >= 11 is 16.5. The Morgan fingerprint density at radius 3 is 0.600 bits per heavy atom. The van der Waals surface area contributed by atoms with E-state index < -0.39 is 0 Å². The molecule has 4 N–H and O–H groups in total. The summed E-state index contributed by atoms with van der Waals surface area (Å²) in [6, 6.07) is 0. The summed E-state index contributed by atoms with van der Waals surface area (Å²) in [5.41, 5.74) is 9.31. The minimum atomic E-state index is 0. The average Bonchev–Trinajstić information content (AvgIpc) is 2.97. The van der Waals surface area contributed by atoms with Gasteiger partial charge in [-0.25, -0.2) is 0 Å². The van der Waals surface area contributed by atoms with Crippen LogP contribution in [-0.4, -0.2) is 8.64 Å². The molecule has 270 valence electrons. The molecule has 45 heavy (non-hydrogen) atoms. The van der Waals surface area contributed by atoms with Crippen LogP contribution in [0, 0.1) is 13.8 Å². The first kappa shape index (κ1) is 55.3. The van der Waals surface area contributed by atoms with Gasteiger partial charge in [0, 0.05) is 0 Å². The molecule has 2 nitrogen and oxygen atoms in total. The van der Waals surface area contributed by atoms with E-state index in [1.54, 1.807) is 0 Å². The summed E-state index contributed by atoms with van der Waals surface area (Å²) in [5, 5.41) is 0. The fraction of sp³-hybridized carbons (Fsp3) is 0.895. The van der Waals surface area contributed by atoms with Crippen LogP contribution in [0.1, 0.15) is 219 Å². The van der Waals surface area contributed by atoms with Gasteiger partial charge in [-0.15, -0.1) is 0 Å². The van der Waals surface area contributed by atoms with Crippen molar-refractivity contribution < 1.29 is 21.1 Å². The Kier molecular flexibility index (Phi) is 70.3. The maximum absolute atomic E-state index is 4.66. The molecular weight excluding hydrogens is 709 g/mol. The summed E-state index contributed by atoms with van der Waals surface area (Å²) in [7, 11) is 0. The van der Waals surface area contributed by atoms with Crippen molar-refractivity contribution in [1.82, 2.24) is 0 Å². The predicted molar refractivity (Wildman–Crippen MR) is 218 cm³/mol. The number of rotatable bonds is 30.